The van der Waals surface area contributed by atoms with Crippen LogP contribution in [0.1, 0.15) is 48.8 Å². The number of aromatic nitrogens is 4. The van der Waals surface area contributed by atoms with Crippen LogP contribution in [0.2, 0.25) is 0 Å². The summed E-state index contributed by atoms with van der Waals surface area (Å²) >= 11 is 0. The fourth-order valence-corrected chi connectivity index (χ4v) is 6.31. The topological polar surface area (TPSA) is 119 Å². The van der Waals surface area contributed by atoms with Crippen LogP contribution in [0, 0.1) is 0 Å². The summed E-state index contributed by atoms with van der Waals surface area (Å²) in [6.45, 7) is 4.60. The number of carbonyl (C=O) groups excluding carboxylic acids is 1. The predicted octanol–water partition coefficient (Wildman–Crippen LogP) is 3.42. The lowest BCUT2D eigenvalue weighted by molar-refractivity contribution is -0.118. The van der Waals surface area contributed by atoms with Crippen molar-refractivity contribution in [2.24, 2.45) is 5.73 Å². The van der Waals surface area contributed by atoms with Crippen LogP contribution in [0.4, 0.5) is 5.82 Å². The van der Waals surface area contributed by atoms with Crippen LogP contribution in [0.25, 0.3) is 22.3 Å². The molecule has 4 aromatic rings. The normalized spacial score (nSPS) is 21.7. The molecule has 2 aromatic heterocycles. The van der Waals surface area contributed by atoms with Crippen molar-refractivity contribution in [3.63, 3.8) is 0 Å². The summed E-state index contributed by atoms with van der Waals surface area (Å²) in [7, 11) is 2.20. The summed E-state index contributed by atoms with van der Waals surface area (Å²) in [4.78, 5) is 26.3. The summed E-state index contributed by atoms with van der Waals surface area (Å²) in [6, 6.07) is 18.4. The van der Waals surface area contributed by atoms with Crippen molar-refractivity contribution in [2.45, 2.75) is 43.7 Å². The molecule has 1 unspecified atom stereocenters. The number of anilines is 1. The zero-order valence-corrected chi connectivity index (χ0v) is 22.4. The van der Waals surface area contributed by atoms with Crippen LogP contribution >= 0.6 is 0 Å². The Morgan fingerprint density at radius 3 is 2.18 bits per heavy atom. The fraction of sp³-hybridized carbons (Fsp3) is 0.400. The molecule has 3 heterocycles. The molecule has 6 rings (SSSR count). The fourth-order valence-electron chi connectivity index (χ4n) is 6.31. The van der Waals surface area contributed by atoms with Crippen LogP contribution in [-0.2, 0) is 4.79 Å². The van der Waals surface area contributed by atoms with Crippen LogP contribution in [-0.4, -0.2) is 74.7 Å². The number of carbonyl (C=O) groups is 1. The quantitative estimate of drug-likeness (QED) is 0.397. The molecule has 0 bridgehead atoms. The Morgan fingerprint density at radius 2 is 1.51 bits per heavy atom. The lowest BCUT2D eigenvalue weighted by Crippen LogP contribution is -2.49. The number of likely N-dealkylation sites (N-methyl/N-ethyl adjacent to an activating group) is 1. The van der Waals surface area contributed by atoms with E-state index in [4.69, 9.17) is 16.6 Å². The van der Waals surface area contributed by atoms with E-state index in [1.807, 2.05) is 54.6 Å². The highest BCUT2D eigenvalue weighted by atomic mass is 16.1. The van der Waals surface area contributed by atoms with Gasteiger partial charge in [0.15, 0.2) is 5.65 Å². The highest BCUT2D eigenvalue weighted by Crippen LogP contribution is 2.37. The number of hydrogen-bond acceptors (Lipinski definition) is 7. The molecule has 0 spiro atoms. The Labute approximate surface area is 228 Å². The van der Waals surface area contributed by atoms with Crippen molar-refractivity contribution in [3.8, 4) is 11.3 Å². The third-order valence-corrected chi connectivity index (χ3v) is 8.52. The van der Waals surface area contributed by atoms with Gasteiger partial charge >= 0.3 is 0 Å². The number of nitrogens with zero attached hydrogens (tertiary/aromatic N) is 6. The Kier molecular flexibility index (Phi) is 7.01. The van der Waals surface area contributed by atoms with E-state index in [1.165, 1.54) is 6.33 Å². The Bertz CT molecular complexity index is 1440. The molecule has 0 radical (unpaired) electrons. The smallest absolute Gasteiger partial charge is 0.229 e. The summed E-state index contributed by atoms with van der Waals surface area (Å²) in [5.74, 6) is -0.470. The van der Waals surface area contributed by atoms with Gasteiger partial charge in [0, 0.05) is 37.8 Å². The Balaban J connectivity index is 1.27. The Hall–Kier alpha value is -3.82. The molecule has 1 saturated heterocycles. The van der Waals surface area contributed by atoms with E-state index in [0.29, 0.717) is 11.9 Å². The third kappa shape index (κ3) is 4.99. The van der Waals surface area contributed by atoms with Gasteiger partial charge in [0.1, 0.15) is 17.8 Å². The number of fused-ring (bicyclic) bond motifs is 1. The second-order valence-corrected chi connectivity index (χ2v) is 10.9. The van der Waals surface area contributed by atoms with E-state index in [-0.39, 0.29) is 11.9 Å². The van der Waals surface area contributed by atoms with Crippen LogP contribution in [0.5, 0.6) is 0 Å². The monoisotopic (exact) mass is 524 g/mol. The molecule has 1 atom stereocenters. The first-order valence-electron chi connectivity index (χ1n) is 13.9. The number of nitrogen functional groups attached to an aromatic ring is 1. The van der Waals surface area contributed by atoms with E-state index in [2.05, 4.69) is 31.5 Å². The van der Waals surface area contributed by atoms with Crippen LogP contribution in [0.15, 0.2) is 60.9 Å². The maximum absolute atomic E-state index is 12.4. The number of rotatable bonds is 6. The maximum Gasteiger partial charge on any atom is 0.229 e. The number of amides is 1. The lowest BCUT2D eigenvalue weighted by Gasteiger charge is -2.41. The lowest BCUT2D eigenvalue weighted by atomic mass is 9.90. The molecule has 2 aliphatic rings. The number of piperazine rings is 1. The Morgan fingerprint density at radius 1 is 0.872 bits per heavy atom. The van der Waals surface area contributed by atoms with Crippen molar-refractivity contribution in [1.82, 2.24) is 29.5 Å². The van der Waals surface area contributed by atoms with E-state index in [9.17, 15) is 4.79 Å². The van der Waals surface area contributed by atoms with Gasteiger partial charge in [-0.05, 0) is 43.9 Å². The van der Waals surface area contributed by atoms with E-state index >= 15 is 0 Å². The molecule has 1 amide bonds. The zero-order valence-electron chi connectivity index (χ0n) is 22.4. The van der Waals surface area contributed by atoms with Gasteiger partial charge in [-0.1, -0.05) is 54.6 Å². The molecule has 9 nitrogen and oxygen atoms in total. The first kappa shape index (κ1) is 25.5. The molecule has 2 fully saturated rings. The molecular formula is C30H36N8O. The minimum atomic E-state index is -0.515. The molecule has 202 valence electrons. The highest BCUT2D eigenvalue weighted by Gasteiger charge is 2.31. The van der Waals surface area contributed by atoms with Crippen molar-refractivity contribution in [2.75, 3.05) is 39.0 Å². The number of primary amides is 1. The van der Waals surface area contributed by atoms with Crippen molar-refractivity contribution in [3.05, 3.63) is 72.1 Å². The second-order valence-electron chi connectivity index (χ2n) is 10.9. The average Bonchev–Trinajstić information content (AvgIpc) is 3.36. The number of benzene rings is 2. The van der Waals surface area contributed by atoms with Gasteiger partial charge in [0.2, 0.25) is 5.91 Å². The van der Waals surface area contributed by atoms with Crippen molar-refractivity contribution < 1.29 is 4.79 Å². The molecule has 1 aliphatic carbocycles. The molecule has 1 saturated carbocycles. The molecule has 2 aromatic carbocycles. The minimum Gasteiger partial charge on any atom is -0.383 e. The van der Waals surface area contributed by atoms with Gasteiger partial charge < -0.3 is 16.4 Å². The van der Waals surface area contributed by atoms with Crippen molar-refractivity contribution in [1.29, 1.82) is 0 Å². The molecule has 9 heteroatoms. The van der Waals surface area contributed by atoms with E-state index in [0.717, 1.165) is 85.3 Å². The zero-order chi connectivity index (χ0) is 26.9. The van der Waals surface area contributed by atoms with Crippen LogP contribution < -0.4 is 11.5 Å². The summed E-state index contributed by atoms with van der Waals surface area (Å²) in [5, 5.41) is 5.86. The average molecular weight is 525 g/mol. The molecular weight excluding hydrogens is 488 g/mol. The van der Waals surface area contributed by atoms with E-state index < -0.39 is 5.92 Å². The van der Waals surface area contributed by atoms with Gasteiger partial charge in [-0.25, -0.2) is 14.6 Å². The molecule has 39 heavy (non-hydrogen) atoms. The van der Waals surface area contributed by atoms with Gasteiger partial charge in [-0.2, -0.15) is 5.10 Å². The summed E-state index contributed by atoms with van der Waals surface area (Å²) < 4.78 is 2.08. The summed E-state index contributed by atoms with van der Waals surface area (Å²) in [6.07, 6.45) is 5.97. The minimum absolute atomic E-state index is 0.274. The predicted molar refractivity (Wildman–Crippen MR) is 153 cm³/mol. The first-order chi connectivity index (χ1) is 19.0. The molecule has 1 aliphatic heterocycles. The largest absolute Gasteiger partial charge is 0.383 e. The SMILES string of the molecule is CN1CCN(C2CCC(n3nc(-c4ccc(C(C(N)=O)c5ccccc5)cc4)c4c(N)ncnc43)CC2)CC1. The second kappa shape index (κ2) is 10.7. The summed E-state index contributed by atoms with van der Waals surface area (Å²) in [5.41, 5.74) is 16.4. The number of hydrogen-bond donors (Lipinski definition) is 2. The number of nitrogens with two attached hydrogens (primary N) is 2. The first-order valence-corrected chi connectivity index (χ1v) is 13.9. The third-order valence-electron chi connectivity index (χ3n) is 8.52. The van der Waals surface area contributed by atoms with Gasteiger partial charge in [-0.3, -0.25) is 9.69 Å². The van der Waals surface area contributed by atoms with Crippen LogP contribution in [0.3, 0.4) is 0 Å². The van der Waals surface area contributed by atoms with Gasteiger partial charge in [0.25, 0.3) is 0 Å². The standard InChI is InChI=1S/C30H36N8O/c1-36-15-17-37(18-16-36)23-11-13-24(14-12-23)38-30-26(28(31)33-19-34-30)27(35-38)22-9-7-21(8-10-22)25(29(32)39)20-5-3-2-4-6-20/h2-10,19,23-25H,11-18H2,1H3,(H2,32,39)(H2,31,33,34). The van der Waals surface area contributed by atoms with Gasteiger partial charge in [-0.15, -0.1) is 0 Å². The van der Waals surface area contributed by atoms with Gasteiger partial charge in [0.05, 0.1) is 17.3 Å². The highest BCUT2D eigenvalue weighted by molar-refractivity contribution is 5.98. The van der Waals surface area contributed by atoms with E-state index in [1.54, 1.807) is 0 Å². The maximum atomic E-state index is 12.4. The molecule has 4 N–H and O–H groups in total. The van der Waals surface area contributed by atoms with Crippen molar-refractivity contribution >= 4 is 22.8 Å².